The smallest absolute Gasteiger partial charge is 0.226 e. The second-order valence-electron chi connectivity index (χ2n) is 6.43. The first-order valence-electron chi connectivity index (χ1n) is 7.69. The molecule has 2 atom stereocenters. The summed E-state index contributed by atoms with van der Waals surface area (Å²) in [7, 11) is 1.98. The zero-order valence-electron chi connectivity index (χ0n) is 12.8. The Morgan fingerprint density at radius 1 is 1.19 bits per heavy atom. The van der Waals surface area contributed by atoms with Crippen LogP contribution in [0.2, 0.25) is 0 Å². The molecule has 1 aromatic rings. The second-order valence-corrected chi connectivity index (χ2v) is 6.43. The molecule has 116 valence electrons. The zero-order chi connectivity index (χ0) is 14.1. The van der Waals surface area contributed by atoms with Crippen molar-refractivity contribution in [2.45, 2.75) is 57.2 Å². The van der Waals surface area contributed by atoms with Gasteiger partial charge in [-0.2, -0.15) is 0 Å². The van der Waals surface area contributed by atoms with Crippen molar-refractivity contribution in [3.8, 4) is 0 Å². The van der Waals surface area contributed by atoms with Crippen molar-refractivity contribution >= 4 is 18.3 Å². The summed E-state index contributed by atoms with van der Waals surface area (Å²) in [6.07, 6.45) is 5.32. The van der Waals surface area contributed by atoms with Crippen molar-refractivity contribution in [2.75, 3.05) is 7.05 Å². The van der Waals surface area contributed by atoms with Gasteiger partial charge in [-0.15, -0.1) is 12.4 Å². The van der Waals surface area contributed by atoms with E-state index in [0.717, 1.165) is 18.4 Å². The van der Waals surface area contributed by atoms with Crippen molar-refractivity contribution in [3.05, 3.63) is 35.4 Å². The minimum absolute atomic E-state index is 0. The maximum absolute atomic E-state index is 12.4. The highest BCUT2D eigenvalue weighted by molar-refractivity contribution is 5.85. The third kappa shape index (κ3) is 3.78. The van der Waals surface area contributed by atoms with Gasteiger partial charge < -0.3 is 10.2 Å². The Labute approximate surface area is 133 Å². The highest BCUT2D eigenvalue weighted by atomic mass is 35.5. The summed E-state index contributed by atoms with van der Waals surface area (Å²) in [6, 6.07) is 9.97. The van der Waals surface area contributed by atoms with Crippen LogP contribution in [0.15, 0.2) is 24.3 Å². The Morgan fingerprint density at radius 3 is 2.33 bits per heavy atom. The molecule has 3 nitrogen and oxygen atoms in total. The Morgan fingerprint density at radius 2 is 1.76 bits per heavy atom. The van der Waals surface area contributed by atoms with Gasteiger partial charge in [0, 0.05) is 25.2 Å². The fourth-order valence-electron chi connectivity index (χ4n) is 3.55. The third-order valence-electron chi connectivity index (χ3n) is 4.87. The molecule has 2 aliphatic rings. The molecule has 1 N–H and O–H groups in total. The number of aryl methyl sites for hydroxylation is 1. The van der Waals surface area contributed by atoms with E-state index >= 15 is 0 Å². The van der Waals surface area contributed by atoms with Crippen LogP contribution in [-0.2, 0) is 11.2 Å². The lowest BCUT2D eigenvalue weighted by atomic mass is 9.98. The van der Waals surface area contributed by atoms with Crippen LogP contribution < -0.4 is 5.32 Å². The monoisotopic (exact) mass is 308 g/mol. The molecule has 0 aromatic heterocycles. The van der Waals surface area contributed by atoms with E-state index in [4.69, 9.17) is 0 Å². The number of carbonyl (C=O) groups excluding carboxylic acids is 1. The molecular weight excluding hydrogens is 284 g/mol. The number of nitrogens with one attached hydrogen (secondary N) is 1. The number of hydrogen-bond donors (Lipinski definition) is 1. The van der Waals surface area contributed by atoms with Crippen LogP contribution in [0.1, 0.15) is 36.8 Å². The Hall–Kier alpha value is -1.06. The number of hydrogen-bond acceptors (Lipinski definition) is 2. The van der Waals surface area contributed by atoms with Gasteiger partial charge in [0.1, 0.15) is 0 Å². The maximum atomic E-state index is 12.4. The molecule has 2 heterocycles. The SMILES string of the molecule is Cc1ccc(CC(=O)N(C)C2CC3CCC(C2)N3)cc1.Cl. The molecule has 3 rings (SSSR count). The third-order valence-corrected chi connectivity index (χ3v) is 4.87. The minimum Gasteiger partial charge on any atom is -0.342 e. The highest BCUT2D eigenvalue weighted by Gasteiger charge is 2.36. The predicted molar refractivity (Wildman–Crippen MR) is 87.9 cm³/mol. The maximum Gasteiger partial charge on any atom is 0.226 e. The lowest BCUT2D eigenvalue weighted by Gasteiger charge is -2.35. The first-order valence-corrected chi connectivity index (χ1v) is 7.69. The molecule has 4 heteroatoms. The second kappa shape index (κ2) is 6.80. The van der Waals surface area contributed by atoms with Gasteiger partial charge in [0.25, 0.3) is 0 Å². The van der Waals surface area contributed by atoms with Gasteiger partial charge in [0.05, 0.1) is 6.42 Å². The fraction of sp³-hybridized carbons (Fsp3) is 0.588. The molecule has 2 saturated heterocycles. The topological polar surface area (TPSA) is 32.3 Å². The van der Waals surface area contributed by atoms with Crippen LogP contribution in [0, 0.1) is 6.92 Å². The molecule has 1 amide bonds. The predicted octanol–water partition coefficient (Wildman–Crippen LogP) is 2.70. The summed E-state index contributed by atoms with van der Waals surface area (Å²) in [6.45, 7) is 2.07. The standard InChI is InChI=1S/C17H24N2O.ClH/c1-12-3-5-13(6-4-12)9-17(20)19(2)16-10-14-7-8-15(11-16)18-14;/h3-6,14-16,18H,7-11H2,1-2H3;1H. The summed E-state index contributed by atoms with van der Waals surface area (Å²) in [5.41, 5.74) is 2.36. The normalized spacial score (nSPS) is 27.0. The number of rotatable bonds is 3. The van der Waals surface area contributed by atoms with E-state index in [1.807, 2.05) is 11.9 Å². The molecule has 0 saturated carbocycles. The van der Waals surface area contributed by atoms with E-state index in [1.165, 1.54) is 18.4 Å². The molecule has 0 aliphatic carbocycles. The average molecular weight is 309 g/mol. The number of likely N-dealkylation sites (N-methyl/N-ethyl adjacent to an activating group) is 1. The van der Waals surface area contributed by atoms with E-state index in [1.54, 1.807) is 0 Å². The van der Waals surface area contributed by atoms with Crippen molar-refractivity contribution in [1.82, 2.24) is 10.2 Å². The van der Waals surface area contributed by atoms with Gasteiger partial charge in [-0.05, 0) is 38.2 Å². The number of benzene rings is 1. The van der Waals surface area contributed by atoms with E-state index in [0.29, 0.717) is 24.5 Å². The van der Waals surface area contributed by atoms with Crippen LogP contribution in [0.5, 0.6) is 0 Å². The lowest BCUT2D eigenvalue weighted by molar-refractivity contribution is -0.131. The first-order chi connectivity index (χ1) is 9.61. The van der Waals surface area contributed by atoms with Crippen molar-refractivity contribution in [2.24, 2.45) is 0 Å². The Bertz CT molecular complexity index is 476. The number of piperidine rings is 1. The van der Waals surface area contributed by atoms with E-state index < -0.39 is 0 Å². The highest BCUT2D eigenvalue weighted by Crippen LogP contribution is 2.29. The molecule has 0 spiro atoms. The number of fused-ring (bicyclic) bond motifs is 2. The number of halogens is 1. The van der Waals surface area contributed by atoms with Gasteiger partial charge in [0.15, 0.2) is 0 Å². The van der Waals surface area contributed by atoms with Gasteiger partial charge in [-0.3, -0.25) is 4.79 Å². The Balaban J connectivity index is 0.00000161. The van der Waals surface area contributed by atoms with Crippen molar-refractivity contribution in [3.63, 3.8) is 0 Å². The molecule has 21 heavy (non-hydrogen) atoms. The molecular formula is C17H25ClN2O. The van der Waals surface area contributed by atoms with Crippen molar-refractivity contribution < 1.29 is 4.79 Å². The zero-order valence-corrected chi connectivity index (χ0v) is 13.7. The molecule has 2 unspecified atom stereocenters. The summed E-state index contributed by atoms with van der Waals surface area (Å²) < 4.78 is 0. The molecule has 2 aliphatic heterocycles. The Kier molecular flexibility index (Phi) is 5.28. The van der Waals surface area contributed by atoms with Crippen LogP contribution in [0.4, 0.5) is 0 Å². The summed E-state index contributed by atoms with van der Waals surface area (Å²) in [4.78, 5) is 14.4. The summed E-state index contributed by atoms with van der Waals surface area (Å²) in [5.74, 6) is 0.250. The van der Waals surface area contributed by atoms with E-state index in [-0.39, 0.29) is 18.3 Å². The van der Waals surface area contributed by atoms with Gasteiger partial charge in [0.2, 0.25) is 5.91 Å². The summed E-state index contributed by atoms with van der Waals surface area (Å²) in [5, 5.41) is 3.63. The lowest BCUT2D eigenvalue weighted by Crippen LogP contribution is -2.49. The largest absolute Gasteiger partial charge is 0.342 e. The van der Waals surface area contributed by atoms with Crippen LogP contribution in [0.25, 0.3) is 0 Å². The number of amides is 1. The van der Waals surface area contributed by atoms with Crippen molar-refractivity contribution in [1.29, 1.82) is 0 Å². The minimum atomic E-state index is 0. The van der Waals surface area contributed by atoms with Gasteiger partial charge >= 0.3 is 0 Å². The first kappa shape index (κ1) is 16.3. The van der Waals surface area contributed by atoms with Crippen LogP contribution >= 0.6 is 12.4 Å². The van der Waals surface area contributed by atoms with Crippen LogP contribution in [-0.4, -0.2) is 36.0 Å². The average Bonchev–Trinajstić information content (AvgIpc) is 2.79. The molecule has 2 bridgehead atoms. The number of nitrogens with zero attached hydrogens (tertiary/aromatic N) is 1. The van der Waals surface area contributed by atoms with Gasteiger partial charge in [-0.1, -0.05) is 29.8 Å². The van der Waals surface area contributed by atoms with Crippen LogP contribution in [0.3, 0.4) is 0 Å². The molecule has 1 aromatic carbocycles. The quantitative estimate of drug-likeness (QED) is 0.931. The van der Waals surface area contributed by atoms with E-state index in [9.17, 15) is 4.79 Å². The fourth-order valence-corrected chi connectivity index (χ4v) is 3.55. The number of carbonyl (C=O) groups is 1. The van der Waals surface area contributed by atoms with E-state index in [2.05, 4.69) is 36.5 Å². The van der Waals surface area contributed by atoms with Gasteiger partial charge in [-0.25, -0.2) is 0 Å². The summed E-state index contributed by atoms with van der Waals surface area (Å²) >= 11 is 0. The molecule has 2 fully saturated rings. The molecule has 0 radical (unpaired) electrons.